The monoisotopic (exact) mass is 210 g/mol. The molecule has 0 saturated heterocycles. The van der Waals surface area contributed by atoms with Crippen molar-refractivity contribution in [2.24, 2.45) is 0 Å². The summed E-state index contributed by atoms with van der Waals surface area (Å²) < 4.78 is 0. The quantitative estimate of drug-likeness (QED) is 0.565. The molecule has 0 fully saturated rings. The number of Topliss-reactive ketones (excluding diaryl/α,β-unsaturated/α-hetero) is 1. The molecule has 1 aromatic rings. The van der Waals surface area contributed by atoms with Gasteiger partial charge in [-0.3, -0.25) is 4.79 Å². The third-order valence-corrected chi connectivity index (χ3v) is 2.39. The first-order valence-electron chi connectivity index (χ1n) is 4.34. The summed E-state index contributed by atoms with van der Waals surface area (Å²) in [6, 6.07) is 5.48. The topological polar surface area (TPSA) is 34.1 Å². The lowest BCUT2D eigenvalue weighted by atomic mass is 10.0. The first kappa shape index (κ1) is 10.9. The Kier molecular flexibility index (Phi) is 3.84. The molecule has 0 saturated carbocycles. The van der Waals surface area contributed by atoms with Crippen LogP contribution in [0.5, 0.6) is 0 Å². The number of aldehydes is 1. The highest BCUT2D eigenvalue weighted by Gasteiger charge is 2.08. The van der Waals surface area contributed by atoms with Gasteiger partial charge in [0.15, 0.2) is 0 Å². The highest BCUT2D eigenvalue weighted by atomic mass is 35.5. The van der Waals surface area contributed by atoms with E-state index in [0.29, 0.717) is 11.3 Å². The standard InChI is InChI=1S/C11H11ClO2/c1-8-3-2-4-11(12)10(8)7-9(14)5-6-13/h2-4,6H,5,7H2,1H3. The summed E-state index contributed by atoms with van der Waals surface area (Å²) in [5, 5.41) is 0.587. The Morgan fingerprint density at radius 1 is 1.50 bits per heavy atom. The van der Waals surface area contributed by atoms with Crippen LogP contribution in [0.25, 0.3) is 0 Å². The third kappa shape index (κ3) is 2.67. The summed E-state index contributed by atoms with van der Waals surface area (Å²) in [5.74, 6) is -0.101. The van der Waals surface area contributed by atoms with Gasteiger partial charge in [-0.1, -0.05) is 23.7 Å². The fourth-order valence-corrected chi connectivity index (χ4v) is 1.54. The molecule has 0 radical (unpaired) electrons. The number of benzene rings is 1. The average molecular weight is 211 g/mol. The molecule has 14 heavy (non-hydrogen) atoms. The molecule has 0 amide bonds. The van der Waals surface area contributed by atoms with Crippen molar-refractivity contribution in [1.29, 1.82) is 0 Å². The smallest absolute Gasteiger partial charge is 0.144 e. The predicted octanol–water partition coefficient (Wildman–Crippen LogP) is 2.35. The van der Waals surface area contributed by atoms with E-state index in [1.54, 1.807) is 6.07 Å². The first-order valence-corrected chi connectivity index (χ1v) is 4.72. The van der Waals surface area contributed by atoms with Crippen molar-refractivity contribution in [3.8, 4) is 0 Å². The zero-order valence-electron chi connectivity index (χ0n) is 7.92. The normalized spacial score (nSPS) is 9.86. The number of hydrogen-bond acceptors (Lipinski definition) is 2. The minimum Gasteiger partial charge on any atom is -0.303 e. The highest BCUT2D eigenvalue weighted by Crippen LogP contribution is 2.20. The summed E-state index contributed by atoms with van der Waals surface area (Å²) >= 11 is 5.93. The van der Waals surface area contributed by atoms with Crippen molar-refractivity contribution in [3.05, 3.63) is 34.3 Å². The number of rotatable bonds is 4. The molecular weight excluding hydrogens is 200 g/mol. The van der Waals surface area contributed by atoms with Crippen LogP contribution in [0.1, 0.15) is 17.5 Å². The van der Waals surface area contributed by atoms with Crippen LogP contribution in [-0.2, 0) is 16.0 Å². The van der Waals surface area contributed by atoms with E-state index in [9.17, 15) is 9.59 Å². The third-order valence-electron chi connectivity index (χ3n) is 2.04. The molecule has 0 atom stereocenters. The van der Waals surface area contributed by atoms with Crippen LogP contribution in [0.3, 0.4) is 0 Å². The zero-order valence-corrected chi connectivity index (χ0v) is 8.67. The van der Waals surface area contributed by atoms with Crippen LogP contribution in [0.2, 0.25) is 5.02 Å². The molecule has 1 rings (SSSR count). The Bertz CT molecular complexity index is 338. The van der Waals surface area contributed by atoms with E-state index >= 15 is 0 Å². The molecule has 0 bridgehead atoms. The van der Waals surface area contributed by atoms with Crippen LogP contribution in [0.15, 0.2) is 18.2 Å². The number of ketones is 1. The van der Waals surface area contributed by atoms with Crippen molar-refractivity contribution in [2.45, 2.75) is 19.8 Å². The van der Waals surface area contributed by atoms with Crippen LogP contribution in [0.4, 0.5) is 0 Å². The van der Waals surface area contributed by atoms with E-state index in [4.69, 9.17) is 11.6 Å². The summed E-state index contributed by atoms with van der Waals surface area (Å²) in [7, 11) is 0. The lowest BCUT2D eigenvalue weighted by Crippen LogP contribution is -2.04. The van der Waals surface area contributed by atoms with Crippen molar-refractivity contribution >= 4 is 23.7 Å². The SMILES string of the molecule is Cc1cccc(Cl)c1CC(=O)CC=O. The van der Waals surface area contributed by atoms with Crippen LogP contribution in [0, 0.1) is 6.92 Å². The van der Waals surface area contributed by atoms with E-state index in [2.05, 4.69) is 0 Å². The molecule has 0 aliphatic carbocycles. The average Bonchev–Trinajstić information content (AvgIpc) is 2.12. The molecule has 2 nitrogen and oxygen atoms in total. The second kappa shape index (κ2) is 4.91. The van der Waals surface area contributed by atoms with E-state index < -0.39 is 0 Å². The van der Waals surface area contributed by atoms with Gasteiger partial charge in [-0.2, -0.15) is 0 Å². The zero-order chi connectivity index (χ0) is 10.6. The van der Waals surface area contributed by atoms with Crippen molar-refractivity contribution in [3.63, 3.8) is 0 Å². The van der Waals surface area contributed by atoms with E-state index in [1.807, 2.05) is 19.1 Å². The molecule has 0 unspecified atom stereocenters. The van der Waals surface area contributed by atoms with Gasteiger partial charge in [-0.05, 0) is 24.1 Å². The van der Waals surface area contributed by atoms with Gasteiger partial charge >= 0.3 is 0 Å². The molecular formula is C11H11ClO2. The molecule has 1 aromatic carbocycles. The Morgan fingerprint density at radius 2 is 2.21 bits per heavy atom. The van der Waals surface area contributed by atoms with Crippen molar-refractivity contribution in [2.75, 3.05) is 0 Å². The summed E-state index contributed by atoms with van der Waals surface area (Å²) in [5.41, 5.74) is 1.80. The second-order valence-electron chi connectivity index (χ2n) is 3.12. The number of aryl methyl sites for hydroxylation is 1. The van der Waals surface area contributed by atoms with Gasteiger partial charge in [0, 0.05) is 11.4 Å². The largest absolute Gasteiger partial charge is 0.303 e. The van der Waals surface area contributed by atoms with Gasteiger partial charge in [-0.25, -0.2) is 0 Å². The minimum absolute atomic E-state index is 0.0370. The number of halogens is 1. The van der Waals surface area contributed by atoms with Gasteiger partial charge < -0.3 is 4.79 Å². The van der Waals surface area contributed by atoms with E-state index in [1.165, 1.54) is 0 Å². The van der Waals surface area contributed by atoms with Gasteiger partial charge in [0.1, 0.15) is 12.1 Å². The van der Waals surface area contributed by atoms with Gasteiger partial charge in [0.2, 0.25) is 0 Å². The maximum Gasteiger partial charge on any atom is 0.144 e. The summed E-state index contributed by atoms with van der Waals surface area (Å²) in [4.78, 5) is 21.3. The maximum atomic E-state index is 11.2. The molecule has 0 aliphatic heterocycles. The highest BCUT2D eigenvalue weighted by molar-refractivity contribution is 6.31. The van der Waals surface area contributed by atoms with Crippen LogP contribution < -0.4 is 0 Å². The van der Waals surface area contributed by atoms with Crippen LogP contribution in [-0.4, -0.2) is 12.1 Å². The first-order chi connectivity index (χ1) is 6.65. The molecule has 0 aliphatic rings. The molecule has 3 heteroatoms. The predicted molar refractivity (Wildman–Crippen MR) is 55.6 cm³/mol. The lowest BCUT2D eigenvalue weighted by molar-refractivity contribution is -0.121. The van der Waals surface area contributed by atoms with Crippen molar-refractivity contribution < 1.29 is 9.59 Å². The van der Waals surface area contributed by atoms with Gasteiger partial charge in [-0.15, -0.1) is 0 Å². The molecule has 0 spiro atoms. The van der Waals surface area contributed by atoms with E-state index in [-0.39, 0.29) is 18.6 Å². The maximum absolute atomic E-state index is 11.2. The number of carbonyl (C=O) groups excluding carboxylic acids is 2. The summed E-state index contributed by atoms with van der Waals surface area (Å²) in [6.07, 6.45) is 0.823. The Morgan fingerprint density at radius 3 is 2.79 bits per heavy atom. The Labute approximate surface area is 87.9 Å². The number of hydrogen-bond donors (Lipinski definition) is 0. The van der Waals surface area contributed by atoms with Gasteiger partial charge in [0.05, 0.1) is 6.42 Å². The number of carbonyl (C=O) groups is 2. The van der Waals surface area contributed by atoms with E-state index in [0.717, 1.165) is 11.1 Å². The van der Waals surface area contributed by atoms with Crippen molar-refractivity contribution in [1.82, 2.24) is 0 Å². The summed E-state index contributed by atoms with van der Waals surface area (Å²) in [6.45, 7) is 1.90. The second-order valence-corrected chi connectivity index (χ2v) is 3.53. The van der Waals surface area contributed by atoms with Crippen LogP contribution >= 0.6 is 11.6 Å². The molecule has 0 aromatic heterocycles. The molecule has 0 N–H and O–H groups in total. The van der Waals surface area contributed by atoms with Gasteiger partial charge in [0.25, 0.3) is 0 Å². The Balaban J connectivity index is 2.85. The fraction of sp³-hybridized carbons (Fsp3) is 0.273. The molecule has 0 heterocycles. The Hall–Kier alpha value is -1.15. The molecule has 74 valence electrons. The minimum atomic E-state index is -0.101. The lowest BCUT2D eigenvalue weighted by Gasteiger charge is -2.05. The fourth-order valence-electron chi connectivity index (χ4n) is 1.25.